The molecule has 1 aliphatic heterocycles. The SMILES string of the molecule is COc1cccc(N(CCCC(=O)NCc2cccc(CN3CCCCC3)c2)S(C)(=O)=O)c1. The van der Waals surface area contributed by atoms with Gasteiger partial charge in [0.05, 0.1) is 19.1 Å². The Balaban J connectivity index is 1.48. The van der Waals surface area contributed by atoms with E-state index in [0.29, 0.717) is 24.4 Å². The fourth-order valence-corrected chi connectivity index (χ4v) is 5.10. The molecular formula is C25H35N3O4S. The summed E-state index contributed by atoms with van der Waals surface area (Å²) in [6.45, 7) is 3.96. The van der Waals surface area contributed by atoms with Crippen LogP contribution in [-0.4, -0.2) is 52.2 Å². The first-order chi connectivity index (χ1) is 15.8. The molecule has 0 aromatic heterocycles. The van der Waals surface area contributed by atoms with Gasteiger partial charge in [-0.3, -0.25) is 14.0 Å². The fraction of sp³-hybridized carbons (Fsp3) is 0.480. The molecule has 7 nitrogen and oxygen atoms in total. The molecule has 180 valence electrons. The molecule has 1 heterocycles. The third kappa shape index (κ3) is 8.05. The smallest absolute Gasteiger partial charge is 0.232 e. The number of likely N-dealkylation sites (tertiary alicyclic amines) is 1. The van der Waals surface area contributed by atoms with Gasteiger partial charge >= 0.3 is 0 Å². The lowest BCUT2D eigenvalue weighted by Crippen LogP contribution is -2.32. The zero-order chi connectivity index (χ0) is 23.7. The number of carbonyl (C=O) groups is 1. The summed E-state index contributed by atoms with van der Waals surface area (Å²) >= 11 is 0. The Morgan fingerprint density at radius 2 is 1.79 bits per heavy atom. The normalized spacial score (nSPS) is 14.6. The topological polar surface area (TPSA) is 79.0 Å². The summed E-state index contributed by atoms with van der Waals surface area (Å²) in [5, 5.41) is 2.96. The summed E-state index contributed by atoms with van der Waals surface area (Å²) in [4.78, 5) is 14.9. The van der Waals surface area contributed by atoms with E-state index in [1.165, 1.54) is 42.5 Å². The molecule has 1 saturated heterocycles. The first-order valence-electron chi connectivity index (χ1n) is 11.5. The summed E-state index contributed by atoms with van der Waals surface area (Å²) < 4.78 is 31.1. The van der Waals surface area contributed by atoms with Crippen molar-refractivity contribution in [2.45, 2.75) is 45.2 Å². The van der Waals surface area contributed by atoms with Gasteiger partial charge in [-0.1, -0.05) is 36.8 Å². The monoisotopic (exact) mass is 473 g/mol. The van der Waals surface area contributed by atoms with E-state index in [4.69, 9.17) is 4.74 Å². The quantitative estimate of drug-likeness (QED) is 0.540. The van der Waals surface area contributed by atoms with E-state index in [2.05, 4.69) is 22.3 Å². The largest absolute Gasteiger partial charge is 0.497 e. The molecular weight excluding hydrogens is 438 g/mol. The van der Waals surface area contributed by atoms with Crippen molar-refractivity contribution >= 4 is 21.6 Å². The van der Waals surface area contributed by atoms with Crippen LogP contribution in [0.3, 0.4) is 0 Å². The highest BCUT2D eigenvalue weighted by molar-refractivity contribution is 7.92. The molecule has 0 atom stereocenters. The number of piperidine rings is 1. The summed E-state index contributed by atoms with van der Waals surface area (Å²) in [5.74, 6) is 0.497. The van der Waals surface area contributed by atoms with Crippen LogP contribution in [0.25, 0.3) is 0 Å². The van der Waals surface area contributed by atoms with E-state index < -0.39 is 10.0 Å². The van der Waals surface area contributed by atoms with Crippen LogP contribution in [0.4, 0.5) is 5.69 Å². The second kappa shape index (κ2) is 12.0. The number of carbonyl (C=O) groups excluding carboxylic acids is 1. The van der Waals surface area contributed by atoms with Crippen LogP contribution in [0.1, 0.15) is 43.2 Å². The van der Waals surface area contributed by atoms with Crippen molar-refractivity contribution in [1.29, 1.82) is 0 Å². The minimum absolute atomic E-state index is 0.0875. The third-order valence-corrected chi connectivity index (χ3v) is 7.04. The van der Waals surface area contributed by atoms with Crippen molar-refractivity contribution in [3.05, 3.63) is 59.7 Å². The van der Waals surface area contributed by atoms with E-state index in [1.807, 2.05) is 12.1 Å². The maximum atomic E-state index is 12.4. The third-order valence-electron chi connectivity index (χ3n) is 5.84. The Hall–Kier alpha value is -2.58. The number of rotatable bonds is 11. The number of nitrogens with one attached hydrogen (secondary N) is 1. The Morgan fingerprint density at radius 1 is 1.06 bits per heavy atom. The predicted molar refractivity (Wildman–Crippen MR) is 132 cm³/mol. The maximum Gasteiger partial charge on any atom is 0.232 e. The van der Waals surface area contributed by atoms with Gasteiger partial charge in [-0.15, -0.1) is 0 Å². The number of anilines is 1. The van der Waals surface area contributed by atoms with E-state index in [0.717, 1.165) is 25.2 Å². The van der Waals surface area contributed by atoms with Crippen molar-refractivity contribution in [2.75, 3.05) is 37.3 Å². The standard InChI is InChI=1S/C25H35N3O4S/c1-32-24-12-7-11-23(18-24)28(33(2,30)31)16-8-13-25(29)26-19-21-9-6-10-22(17-21)20-27-14-4-3-5-15-27/h6-7,9-12,17-18H,3-5,8,13-16,19-20H2,1-2H3,(H,26,29). The van der Waals surface area contributed by atoms with Gasteiger partial charge in [0.1, 0.15) is 5.75 Å². The Bertz CT molecular complexity index is 1020. The molecule has 33 heavy (non-hydrogen) atoms. The molecule has 0 unspecified atom stereocenters. The van der Waals surface area contributed by atoms with Gasteiger partial charge in [-0.2, -0.15) is 0 Å². The Kier molecular flexibility index (Phi) is 9.14. The summed E-state index contributed by atoms with van der Waals surface area (Å²) in [6, 6.07) is 15.3. The molecule has 0 saturated carbocycles. The van der Waals surface area contributed by atoms with E-state index in [1.54, 1.807) is 24.3 Å². The first kappa shape index (κ1) is 25.1. The minimum atomic E-state index is -3.47. The van der Waals surface area contributed by atoms with Gasteiger partial charge in [-0.05, 0) is 55.6 Å². The molecule has 8 heteroatoms. The van der Waals surface area contributed by atoms with Crippen LogP contribution in [0.5, 0.6) is 5.75 Å². The van der Waals surface area contributed by atoms with Crippen LogP contribution >= 0.6 is 0 Å². The van der Waals surface area contributed by atoms with Crippen LogP contribution < -0.4 is 14.4 Å². The molecule has 0 bridgehead atoms. The molecule has 0 aliphatic carbocycles. The highest BCUT2D eigenvalue weighted by Gasteiger charge is 2.18. The lowest BCUT2D eigenvalue weighted by Gasteiger charge is -2.26. The molecule has 1 N–H and O–H groups in total. The number of benzene rings is 2. The highest BCUT2D eigenvalue weighted by atomic mass is 32.2. The zero-order valence-corrected chi connectivity index (χ0v) is 20.4. The number of hydrogen-bond acceptors (Lipinski definition) is 5. The number of amides is 1. The predicted octanol–water partition coefficient (Wildman–Crippen LogP) is 3.54. The van der Waals surface area contributed by atoms with Crippen molar-refractivity contribution in [1.82, 2.24) is 10.2 Å². The van der Waals surface area contributed by atoms with Gasteiger partial charge in [0.25, 0.3) is 0 Å². The molecule has 1 amide bonds. The molecule has 0 spiro atoms. The molecule has 2 aromatic rings. The summed E-state index contributed by atoms with van der Waals surface area (Å²) in [5.41, 5.74) is 2.88. The average Bonchev–Trinajstić information content (AvgIpc) is 2.80. The lowest BCUT2D eigenvalue weighted by atomic mass is 10.1. The van der Waals surface area contributed by atoms with Crippen LogP contribution in [0.2, 0.25) is 0 Å². The minimum Gasteiger partial charge on any atom is -0.497 e. The number of methoxy groups -OCH3 is 1. The van der Waals surface area contributed by atoms with Gasteiger partial charge in [0.15, 0.2) is 0 Å². The van der Waals surface area contributed by atoms with Crippen LogP contribution in [0, 0.1) is 0 Å². The van der Waals surface area contributed by atoms with Gasteiger partial charge in [0, 0.05) is 32.1 Å². The summed E-state index contributed by atoms with van der Waals surface area (Å²) in [6.07, 6.45) is 5.71. The van der Waals surface area contributed by atoms with Gasteiger partial charge < -0.3 is 10.1 Å². The van der Waals surface area contributed by atoms with Crippen LogP contribution in [0.15, 0.2) is 48.5 Å². The Morgan fingerprint density at radius 3 is 2.52 bits per heavy atom. The fourth-order valence-electron chi connectivity index (χ4n) is 4.14. The second-order valence-corrected chi connectivity index (χ2v) is 10.5. The molecule has 3 rings (SSSR count). The van der Waals surface area contributed by atoms with Crippen molar-refractivity contribution in [3.63, 3.8) is 0 Å². The lowest BCUT2D eigenvalue weighted by molar-refractivity contribution is -0.121. The number of hydrogen-bond donors (Lipinski definition) is 1. The number of ether oxygens (including phenoxy) is 1. The second-order valence-electron chi connectivity index (χ2n) is 8.57. The summed E-state index contributed by atoms with van der Waals surface area (Å²) in [7, 11) is -1.93. The number of sulfonamides is 1. The molecule has 0 radical (unpaired) electrons. The number of nitrogens with zero attached hydrogens (tertiary/aromatic N) is 2. The average molecular weight is 474 g/mol. The van der Waals surface area contributed by atoms with E-state index in [-0.39, 0.29) is 18.9 Å². The maximum absolute atomic E-state index is 12.4. The van der Waals surface area contributed by atoms with Crippen molar-refractivity contribution < 1.29 is 17.9 Å². The highest BCUT2D eigenvalue weighted by Crippen LogP contribution is 2.23. The van der Waals surface area contributed by atoms with E-state index >= 15 is 0 Å². The van der Waals surface area contributed by atoms with Crippen LogP contribution in [-0.2, 0) is 27.9 Å². The molecule has 1 aliphatic rings. The Labute approximate surface area is 197 Å². The van der Waals surface area contributed by atoms with E-state index in [9.17, 15) is 13.2 Å². The first-order valence-corrected chi connectivity index (χ1v) is 13.4. The zero-order valence-electron chi connectivity index (χ0n) is 19.6. The molecule has 1 fully saturated rings. The van der Waals surface area contributed by atoms with Crippen molar-refractivity contribution in [2.24, 2.45) is 0 Å². The van der Waals surface area contributed by atoms with Crippen molar-refractivity contribution in [3.8, 4) is 5.75 Å². The molecule has 2 aromatic carbocycles. The van der Waals surface area contributed by atoms with Gasteiger partial charge in [0.2, 0.25) is 15.9 Å². The van der Waals surface area contributed by atoms with Gasteiger partial charge in [-0.25, -0.2) is 8.42 Å².